The number of hydrogen-bond donors (Lipinski definition) is 1. The van der Waals surface area contributed by atoms with Gasteiger partial charge in [0.25, 0.3) is 6.43 Å². The van der Waals surface area contributed by atoms with E-state index in [-0.39, 0.29) is 17.3 Å². The quantitative estimate of drug-likeness (QED) is 0.840. The Hall–Kier alpha value is -0.420. The van der Waals surface area contributed by atoms with E-state index in [2.05, 4.69) is 20.9 Å². The number of halogens is 4. The molecule has 0 aromatic carbocycles. The molecule has 1 aromatic heterocycles. The lowest BCUT2D eigenvalue weighted by atomic mass is 10.1. The third kappa shape index (κ3) is 2.08. The first kappa shape index (κ1) is 10.7. The number of nitrogens with zero attached hydrogens (tertiary/aromatic N) is 1. The monoisotopic (exact) mass is 270 g/mol. The Bertz CT molecular complexity index is 320. The first-order valence-electron chi connectivity index (χ1n) is 3.34. The largest absolute Gasteiger partial charge is 0.383 e. The lowest BCUT2D eigenvalue weighted by Gasteiger charge is -2.08. The topological polar surface area (TPSA) is 38.9 Å². The minimum absolute atomic E-state index is 0.0209. The minimum Gasteiger partial charge on any atom is -0.383 e. The van der Waals surface area contributed by atoms with Gasteiger partial charge in [-0.2, -0.15) is 0 Å². The zero-order chi connectivity index (χ0) is 10.0. The van der Waals surface area contributed by atoms with Crippen molar-refractivity contribution in [3.63, 3.8) is 0 Å². The van der Waals surface area contributed by atoms with Gasteiger partial charge in [-0.15, -0.1) is 11.6 Å². The van der Waals surface area contributed by atoms with Crippen molar-refractivity contribution in [2.75, 3.05) is 5.73 Å². The Labute approximate surface area is 87.2 Å². The van der Waals surface area contributed by atoms with Crippen LogP contribution in [0.1, 0.15) is 17.6 Å². The number of anilines is 1. The molecule has 6 heteroatoms. The van der Waals surface area contributed by atoms with Crippen LogP contribution in [0.25, 0.3) is 0 Å². The Morgan fingerprint density at radius 3 is 2.69 bits per heavy atom. The van der Waals surface area contributed by atoms with Gasteiger partial charge in [0, 0.05) is 17.6 Å². The highest BCUT2D eigenvalue weighted by atomic mass is 79.9. The fraction of sp³-hybridized carbons (Fsp3) is 0.286. The van der Waals surface area contributed by atoms with Gasteiger partial charge in [0.15, 0.2) is 0 Å². The van der Waals surface area contributed by atoms with Gasteiger partial charge in [-0.1, -0.05) is 0 Å². The van der Waals surface area contributed by atoms with Crippen molar-refractivity contribution in [2.24, 2.45) is 0 Å². The Balaban J connectivity index is 3.30. The third-order valence-electron chi connectivity index (χ3n) is 1.55. The van der Waals surface area contributed by atoms with Gasteiger partial charge in [0.05, 0.1) is 4.47 Å². The van der Waals surface area contributed by atoms with Crippen LogP contribution in [0.2, 0.25) is 0 Å². The molecule has 0 bridgehead atoms. The summed E-state index contributed by atoms with van der Waals surface area (Å²) in [6, 6.07) is 0. The number of alkyl halides is 3. The van der Waals surface area contributed by atoms with Gasteiger partial charge in [-0.25, -0.2) is 13.8 Å². The average Bonchev–Trinajstić information content (AvgIpc) is 2.09. The summed E-state index contributed by atoms with van der Waals surface area (Å²) in [5.41, 5.74) is 5.52. The second-order valence-electron chi connectivity index (χ2n) is 2.33. The predicted molar refractivity (Wildman–Crippen MR) is 50.9 cm³/mol. The Morgan fingerprint density at radius 2 is 2.23 bits per heavy atom. The van der Waals surface area contributed by atoms with E-state index in [0.29, 0.717) is 10.0 Å². The van der Waals surface area contributed by atoms with Crippen LogP contribution in [0.5, 0.6) is 0 Å². The van der Waals surface area contributed by atoms with Crippen molar-refractivity contribution in [3.05, 3.63) is 21.8 Å². The maximum Gasteiger partial charge on any atom is 0.265 e. The van der Waals surface area contributed by atoms with Gasteiger partial charge >= 0.3 is 0 Å². The molecular weight excluding hydrogens is 265 g/mol. The van der Waals surface area contributed by atoms with Gasteiger partial charge in [0.1, 0.15) is 5.82 Å². The zero-order valence-electron chi connectivity index (χ0n) is 6.40. The molecule has 1 rings (SSSR count). The van der Waals surface area contributed by atoms with Crippen LogP contribution in [0, 0.1) is 0 Å². The molecule has 0 unspecified atom stereocenters. The Morgan fingerprint density at radius 1 is 1.62 bits per heavy atom. The van der Waals surface area contributed by atoms with Gasteiger partial charge in [-0.05, 0) is 21.5 Å². The normalized spacial score (nSPS) is 10.8. The number of aromatic nitrogens is 1. The molecule has 1 aromatic rings. The van der Waals surface area contributed by atoms with Crippen LogP contribution in [0.15, 0.2) is 10.7 Å². The summed E-state index contributed by atoms with van der Waals surface area (Å²) in [6.07, 6.45) is -1.54. The molecule has 0 saturated carbocycles. The first-order chi connectivity index (χ1) is 6.07. The molecule has 0 atom stereocenters. The maximum atomic E-state index is 12.4. The average molecular weight is 271 g/mol. The summed E-state index contributed by atoms with van der Waals surface area (Å²) in [4.78, 5) is 3.60. The second-order valence-corrected chi connectivity index (χ2v) is 3.39. The van der Waals surface area contributed by atoms with E-state index in [1.54, 1.807) is 0 Å². The smallest absolute Gasteiger partial charge is 0.265 e. The fourth-order valence-electron chi connectivity index (χ4n) is 0.879. The van der Waals surface area contributed by atoms with Gasteiger partial charge in [-0.3, -0.25) is 0 Å². The molecule has 0 aliphatic heterocycles. The highest BCUT2D eigenvalue weighted by molar-refractivity contribution is 9.10. The van der Waals surface area contributed by atoms with Crippen molar-refractivity contribution in [2.45, 2.75) is 12.3 Å². The van der Waals surface area contributed by atoms with E-state index in [1.807, 2.05) is 0 Å². The van der Waals surface area contributed by atoms with Crippen molar-refractivity contribution >= 4 is 33.3 Å². The van der Waals surface area contributed by atoms with E-state index in [1.165, 1.54) is 0 Å². The number of nitrogens with two attached hydrogens (primary N) is 1. The Kier molecular flexibility index (Phi) is 3.44. The molecular formula is C7H6BrClF2N2. The van der Waals surface area contributed by atoms with E-state index >= 15 is 0 Å². The van der Waals surface area contributed by atoms with E-state index in [0.717, 1.165) is 6.20 Å². The van der Waals surface area contributed by atoms with Gasteiger partial charge < -0.3 is 5.73 Å². The summed E-state index contributed by atoms with van der Waals surface area (Å²) in [5.74, 6) is 0.146. The van der Waals surface area contributed by atoms with Gasteiger partial charge in [0.2, 0.25) is 0 Å². The molecule has 0 aliphatic rings. The molecule has 0 amide bonds. The first-order valence-corrected chi connectivity index (χ1v) is 4.67. The van der Waals surface area contributed by atoms with Crippen LogP contribution >= 0.6 is 27.5 Å². The number of hydrogen-bond acceptors (Lipinski definition) is 2. The molecule has 2 N–H and O–H groups in total. The summed E-state index contributed by atoms with van der Waals surface area (Å²) >= 11 is 8.56. The molecule has 0 saturated heterocycles. The summed E-state index contributed by atoms with van der Waals surface area (Å²) in [7, 11) is 0. The molecule has 0 radical (unpaired) electrons. The molecule has 1 heterocycles. The predicted octanol–water partition coefficient (Wildman–Crippen LogP) is 3.10. The highest BCUT2D eigenvalue weighted by Crippen LogP contribution is 2.31. The van der Waals surface area contributed by atoms with Crippen molar-refractivity contribution in [1.82, 2.24) is 4.98 Å². The zero-order valence-corrected chi connectivity index (χ0v) is 8.74. The van der Waals surface area contributed by atoms with Crippen molar-refractivity contribution < 1.29 is 8.78 Å². The molecule has 72 valence electrons. The standard InChI is InChI=1S/C7H6BrClF2N2/c8-5-3(1-9)4(6(10)11)2-13-7(5)12/h2,6H,1H2,(H2,12,13). The highest BCUT2D eigenvalue weighted by Gasteiger charge is 2.17. The molecule has 0 spiro atoms. The van der Waals surface area contributed by atoms with Crippen molar-refractivity contribution in [1.29, 1.82) is 0 Å². The number of pyridine rings is 1. The molecule has 0 aliphatic carbocycles. The van der Waals surface area contributed by atoms with Crippen LogP contribution in [0.3, 0.4) is 0 Å². The van der Waals surface area contributed by atoms with Crippen molar-refractivity contribution in [3.8, 4) is 0 Å². The lowest BCUT2D eigenvalue weighted by Crippen LogP contribution is -2.00. The maximum absolute atomic E-state index is 12.4. The third-order valence-corrected chi connectivity index (χ3v) is 2.70. The summed E-state index contributed by atoms with van der Waals surface area (Å²) < 4.78 is 25.1. The van der Waals surface area contributed by atoms with E-state index in [9.17, 15) is 8.78 Å². The van der Waals surface area contributed by atoms with E-state index in [4.69, 9.17) is 17.3 Å². The summed E-state index contributed by atoms with van der Waals surface area (Å²) in [5, 5.41) is 0. The van der Waals surface area contributed by atoms with E-state index < -0.39 is 6.43 Å². The lowest BCUT2D eigenvalue weighted by molar-refractivity contribution is 0.150. The van der Waals surface area contributed by atoms with Crippen LogP contribution in [0.4, 0.5) is 14.6 Å². The second kappa shape index (κ2) is 4.19. The minimum atomic E-state index is -2.59. The fourth-order valence-corrected chi connectivity index (χ4v) is 1.80. The van der Waals surface area contributed by atoms with Crippen LogP contribution < -0.4 is 5.73 Å². The van der Waals surface area contributed by atoms with Crippen LogP contribution in [-0.2, 0) is 5.88 Å². The van der Waals surface area contributed by atoms with Crippen LogP contribution in [-0.4, -0.2) is 4.98 Å². The molecule has 2 nitrogen and oxygen atoms in total. The summed E-state index contributed by atoms with van der Waals surface area (Å²) in [6.45, 7) is 0. The number of rotatable bonds is 2. The number of nitrogen functional groups attached to an aromatic ring is 1. The molecule has 0 fully saturated rings. The molecule has 13 heavy (non-hydrogen) atoms. The SMILES string of the molecule is Nc1ncc(C(F)F)c(CCl)c1Br.